The maximum absolute atomic E-state index is 13.2. The predicted molar refractivity (Wildman–Crippen MR) is 51.5 cm³/mol. The summed E-state index contributed by atoms with van der Waals surface area (Å²) in [5, 5.41) is 0. The molecule has 0 fully saturated rings. The quantitative estimate of drug-likeness (QED) is 0.685. The molecule has 0 heterocycles. The topological polar surface area (TPSA) is 34.1 Å². The molecule has 0 radical (unpaired) electrons. The number of allylic oxidation sites excluding steroid dienone is 1. The van der Waals surface area contributed by atoms with Crippen molar-refractivity contribution in [2.24, 2.45) is 0 Å². The Hall–Kier alpha value is -1.77. The fourth-order valence-electron chi connectivity index (χ4n) is 1.00. The second-order valence-electron chi connectivity index (χ2n) is 2.70. The van der Waals surface area contributed by atoms with Gasteiger partial charge in [0, 0.05) is 17.5 Å². The molecule has 0 amide bonds. The molecular formula is C11H9FO2. The molecule has 0 aliphatic carbocycles. The summed E-state index contributed by atoms with van der Waals surface area (Å²) in [5.41, 5.74) is 0.674. The van der Waals surface area contributed by atoms with E-state index in [1.807, 2.05) is 0 Å². The van der Waals surface area contributed by atoms with Crippen LogP contribution in [0.25, 0.3) is 6.08 Å². The van der Waals surface area contributed by atoms with E-state index in [9.17, 15) is 14.0 Å². The first kappa shape index (κ1) is 10.3. The third-order valence-corrected chi connectivity index (χ3v) is 1.69. The SMILES string of the molecule is O=CCC=Cc1ccc(C=O)cc1F. The summed E-state index contributed by atoms with van der Waals surface area (Å²) in [6.45, 7) is 0. The zero-order valence-corrected chi connectivity index (χ0v) is 7.44. The van der Waals surface area contributed by atoms with Gasteiger partial charge < -0.3 is 4.79 Å². The fourth-order valence-corrected chi connectivity index (χ4v) is 1.00. The van der Waals surface area contributed by atoms with E-state index >= 15 is 0 Å². The third-order valence-electron chi connectivity index (χ3n) is 1.69. The van der Waals surface area contributed by atoms with E-state index in [-0.39, 0.29) is 6.42 Å². The van der Waals surface area contributed by atoms with Crippen LogP contribution >= 0.6 is 0 Å². The highest BCUT2D eigenvalue weighted by Gasteiger charge is 1.99. The molecule has 14 heavy (non-hydrogen) atoms. The molecule has 0 saturated heterocycles. The first-order valence-corrected chi connectivity index (χ1v) is 4.13. The Labute approximate surface area is 81.1 Å². The normalized spacial score (nSPS) is 10.4. The fraction of sp³-hybridized carbons (Fsp3) is 0.0909. The summed E-state index contributed by atoms with van der Waals surface area (Å²) in [6, 6.07) is 4.19. The van der Waals surface area contributed by atoms with Crippen molar-refractivity contribution in [3.8, 4) is 0 Å². The van der Waals surface area contributed by atoms with Gasteiger partial charge in [0.05, 0.1) is 0 Å². The van der Waals surface area contributed by atoms with Crippen LogP contribution < -0.4 is 0 Å². The molecule has 0 unspecified atom stereocenters. The van der Waals surface area contributed by atoms with Gasteiger partial charge in [0.1, 0.15) is 18.4 Å². The van der Waals surface area contributed by atoms with E-state index in [4.69, 9.17) is 0 Å². The molecule has 0 aliphatic rings. The summed E-state index contributed by atoms with van der Waals surface area (Å²) in [5.74, 6) is -0.461. The number of carbonyl (C=O) groups is 2. The second kappa shape index (κ2) is 5.07. The molecule has 1 aromatic carbocycles. The lowest BCUT2D eigenvalue weighted by atomic mass is 10.1. The van der Waals surface area contributed by atoms with Crippen molar-refractivity contribution in [1.29, 1.82) is 0 Å². The van der Waals surface area contributed by atoms with Gasteiger partial charge in [-0.25, -0.2) is 4.39 Å². The van der Waals surface area contributed by atoms with Crippen LogP contribution in [-0.2, 0) is 4.79 Å². The molecule has 0 atom stereocenters. The Bertz CT molecular complexity index is 370. The zero-order valence-electron chi connectivity index (χ0n) is 7.44. The number of aldehydes is 2. The van der Waals surface area contributed by atoms with Crippen LogP contribution in [0.5, 0.6) is 0 Å². The smallest absolute Gasteiger partial charge is 0.150 e. The van der Waals surface area contributed by atoms with E-state index in [0.717, 1.165) is 12.4 Å². The van der Waals surface area contributed by atoms with Crippen LogP contribution in [0.15, 0.2) is 24.3 Å². The zero-order chi connectivity index (χ0) is 10.4. The van der Waals surface area contributed by atoms with Gasteiger partial charge in [0.2, 0.25) is 0 Å². The molecule has 0 bridgehead atoms. The van der Waals surface area contributed by atoms with E-state index in [0.29, 0.717) is 17.4 Å². The molecule has 3 heteroatoms. The average Bonchev–Trinajstić information content (AvgIpc) is 2.20. The predicted octanol–water partition coefficient (Wildman–Crippen LogP) is 2.24. The van der Waals surface area contributed by atoms with Crippen molar-refractivity contribution >= 4 is 18.6 Å². The minimum absolute atomic E-state index is 0.259. The number of benzene rings is 1. The van der Waals surface area contributed by atoms with E-state index in [1.54, 1.807) is 6.08 Å². The summed E-state index contributed by atoms with van der Waals surface area (Å²) in [7, 11) is 0. The number of carbonyl (C=O) groups excluding carboxylic acids is 2. The standard InChI is InChI=1S/C11H9FO2/c12-11-7-9(8-14)4-5-10(11)3-1-2-6-13/h1,3-8H,2H2. The van der Waals surface area contributed by atoms with Gasteiger partial charge in [-0.05, 0) is 6.07 Å². The summed E-state index contributed by atoms with van der Waals surface area (Å²) >= 11 is 0. The largest absolute Gasteiger partial charge is 0.303 e. The van der Waals surface area contributed by atoms with Crippen LogP contribution in [0.1, 0.15) is 22.3 Å². The highest BCUT2D eigenvalue weighted by Crippen LogP contribution is 2.11. The lowest BCUT2D eigenvalue weighted by molar-refractivity contribution is -0.107. The Morgan fingerprint density at radius 1 is 1.29 bits per heavy atom. The molecule has 0 aliphatic heterocycles. The third kappa shape index (κ3) is 2.62. The van der Waals surface area contributed by atoms with Crippen LogP contribution in [0, 0.1) is 5.82 Å². The molecule has 1 rings (SSSR count). The number of halogens is 1. The number of hydrogen-bond acceptors (Lipinski definition) is 2. The minimum atomic E-state index is -0.461. The molecule has 0 aromatic heterocycles. The van der Waals surface area contributed by atoms with Gasteiger partial charge in [0.25, 0.3) is 0 Å². The molecule has 0 saturated carbocycles. The summed E-state index contributed by atoms with van der Waals surface area (Å²) in [4.78, 5) is 20.3. The van der Waals surface area contributed by atoms with Crippen molar-refractivity contribution < 1.29 is 14.0 Å². The van der Waals surface area contributed by atoms with Crippen LogP contribution in [0.3, 0.4) is 0 Å². The van der Waals surface area contributed by atoms with E-state index in [2.05, 4.69) is 0 Å². The van der Waals surface area contributed by atoms with Gasteiger partial charge >= 0.3 is 0 Å². The van der Waals surface area contributed by atoms with Crippen LogP contribution in [0.2, 0.25) is 0 Å². The van der Waals surface area contributed by atoms with Gasteiger partial charge in [-0.2, -0.15) is 0 Å². The summed E-state index contributed by atoms with van der Waals surface area (Å²) in [6.07, 6.45) is 4.65. The lowest BCUT2D eigenvalue weighted by Gasteiger charge is -1.96. The second-order valence-corrected chi connectivity index (χ2v) is 2.70. The van der Waals surface area contributed by atoms with Crippen molar-refractivity contribution in [2.45, 2.75) is 6.42 Å². The highest BCUT2D eigenvalue weighted by molar-refractivity contribution is 5.75. The molecule has 1 aromatic rings. The molecule has 0 spiro atoms. The first-order valence-electron chi connectivity index (χ1n) is 4.13. The van der Waals surface area contributed by atoms with Gasteiger partial charge in [-0.1, -0.05) is 24.3 Å². The Balaban J connectivity index is 2.88. The average molecular weight is 192 g/mol. The van der Waals surface area contributed by atoms with Crippen molar-refractivity contribution in [1.82, 2.24) is 0 Å². The van der Waals surface area contributed by atoms with Crippen LogP contribution in [0.4, 0.5) is 4.39 Å². The monoisotopic (exact) mass is 192 g/mol. The van der Waals surface area contributed by atoms with Gasteiger partial charge in [-0.3, -0.25) is 4.79 Å². The van der Waals surface area contributed by atoms with E-state index in [1.165, 1.54) is 18.2 Å². The molecule has 2 nitrogen and oxygen atoms in total. The van der Waals surface area contributed by atoms with Crippen LogP contribution in [-0.4, -0.2) is 12.6 Å². The van der Waals surface area contributed by atoms with Crippen molar-refractivity contribution in [2.75, 3.05) is 0 Å². The number of rotatable bonds is 4. The van der Waals surface area contributed by atoms with E-state index < -0.39 is 5.82 Å². The maximum Gasteiger partial charge on any atom is 0.150 e. The highest BCUT2D eigenvalue weighted by atomic mass is 19.1. The molecular weight excluding hydrogens is 183 g/mol. The number of hydrogen-bond donors (Lipinski definition) is 0. The van der Waals surface area contributed by atoms with Crippen molar-refractivity contribution in [3.05, 3.63) is 41.2 Å². The molecule has 72 valence electrons. The van der Waals surface area contributed by atoms with Gasteiger partial charge in [0.15, 0.2) is 0 Å². The van der Waals surface area contributed by atoms with Gasteiger partial charge in [-0.15, -0.1) is 0 Å². The Morgan fingerprint density at radius 3 is 2.64 bits per heavy atom. The minimum Gasteiger partial charge on any atom is -0.303 e. The Kier molecular flexibility index (Phi) is 3.73. The van der Waals surface area contributed by atoms with Crippen molar-refractivity contribution in [3.63, 3.8) is 0 Å². The molecule has 0 N–H and O–H groups in total. The lowest BCUT2D eigenvalue weighted by Crippen LogP contribution is -1.86. The maximum atomic E-state index is 13.2. The summed E-state index contributed by atoms with van der Waals surface area (Å²) < 4.78 is 13.2. The Morgan fingerprint density at radius 2 is 2.07 bits per heavy atom. The first-order chi connectivity index (χ1) is 6.77.